The largest absolute Gasteiger partial charge is 0.494 e. The molecule has 1 aromatic rings. The molecule has 0 bridgehead atoms. The van der Waals surface area contributed by atoms with Crippen LogP contribution in [0.1, 0.15) is 6.92 Å². The van der Waals surface area contributed by atoms with E-state index in [9.17, 15) is 0 Å². The Labute approximate surface area is 88.7 Å². The van der Waals surface area contributed by atoms with Crippen molar-refractivity contribution in [1.29, 1.82) is 0 Å². The minimum Gasteiger partial charge on any atom is -0.494 e. The van der Waals surface area contributed by atoms with Crippen LogP contribution in [0.2, 0.25) is 13.6 Å². The van der Waals surface area contributed by atoms with Crippen molar-refractivity contribution in [2.24, 2.45) is 0 Å². The van der Waals surface area contributed by atoms with Crippen LogP contribution >= 0.6 is 15.9 Å². The summed E-state index contributed by atoms with van der Waals surface area (Å²) < 4.78 is 6.64. The molecule has 1 rings (SSSR count). The molecule has 0 N–H and O–H groups in total. The lowest BCUT2D eigenvalue weighted by molar-refractivity contribution is 0.343. The molecule has 13 heavy (non-hydrogen) atoms. The Morgan fingerprint density at radius 3 is 2.62 bits per heavy atom. The van der Waals surface area contributed by atoms with Gasteiger partial charge in [0.05, 0.1) is 6.61 Å². The Hall–Kier alpha value is -0.435. The van der Waals surface area contributed by atoms with E-state index in [0.717, 1.165) is 16.8 Å². The van der Waals surface area contributed by atoms with Crippen LogP contribution in [0.5, 0.6) is 5.75 Å². The summed E-state index contributed by atoms with van der Waals surface area (Å²) in [7, 11) is 0. The predicted molar refractivity (Wildman–Crippen MR) is 62.4 cm³/mol. The van der Waals surface area contributed by atoms with Gasteiger partial charge in [-0.25, -0.2) is 0 Å². The molecule has 1 aromatic carbocycles. The minimum absolute atomic E-state index is 0.499. The number of hydrogen-bond acceptors (Lipinski definition) is 1. The maximum Gasteiger partial charge on any atom is 0.174 e. The van der Waals surface area contributed by atoms with Crippen molar-refractivity contribution in [1.82, 2.24) is 0 Å². The molecular formula is C10H14BBrO. The van der Waals surface area contributed by atoms with E-state index in [1.165, 1.54) is 5.46 Å². The van der Waals surface area contributed by atoms with Gasteiger partial charge in [-0.15, -0.1) is 0 Å². The van der Waals surface area contributed by atoms with E-state index < -0.39 is 0 Å². The lowest BCUT2D eigenvalue weighted by atomic mass is 9.49. The highest BCUT2D eigenvalue weighted by molar-refractivity contribution is 9.10. The second kappa shape index (κ2) is 4.70. The third kappa shape index (κ3) is 2.76. The lowest BCUT2D eigenvalue weighted by Crippen LogP contribution is -2.25. The van der Waals surface area contributed by atoms with Crippen LogP contribution in [-0.2, 0) is 0 Å². The number of hydrogen-bond donors (Lipinski definition) is 0. The van der Waals surface area contributed by atoms with Crippen molar-refractivity contribution < 1.29 is 4.74 Å². The smallest absolute Gasteiger partial charge is 0.174 e. The zero-order valence-corrected chi connectivity index (χ0v) is 9.89. The fraction of sp³-hybridized carbons (Fsp3) is 0.400. The fourth-order valence-electron chi connectivity index (χ4n) is 1.26. The van der Waals surface area contributed by atoms with E-state index in [2.05, 4.69) is 35.6 Å². The van der Waals surface area contributed by atoms with E-state index in [1.54, 1.807) is 0 Å². The van der Waals surface area contributed by atoms with Crippen LogP contribution < -0.4 is 10.2 Å². The third-order valence-electron chi connectivity index (χ3n) is 1.89. The van der Waals surface area contributed by atoms with Crippen LogP contribution in [-0.4, -0.2) is 13.3 Å². The van der Waals surface area contributed by atoms with Crippen LogP contribution in [0.3, 0.4) is 0 Å². The lowest BCUT2D eigenvalue weighted by Gasteiger charge is -2.11. The fourth-order valence-corrected chi connectivity index (χ4v) is 1.64. The molecule has 0 heterocycles. The second-order valence-corrected chi connectivity index (χ2v) is 4.19. The Balaban J connectivity index is 3.03. The van der Waals surface area contributed by atoms with Crippen LogP contribution in [0.25, 0.3) is 0 Å². The molecule has 0 amide bonds. The van der Waals surface area contributed by atoms with Crippen molar-refractivity contribution >= 4 is 28.1 Å². The van der Waals surface area contributed by atoms with E-state index in [1.807, 2.05) is 19.1 Å². The quantitative estimate of drug-likeness (QED) is 0.739. The Kier molecular flexibility index (Phi) is 3.85. The molecule has 0 unspecified atom stereocenters. The van der Waals surface area contributed by atoms with Gasteiger partial charge < -0.3 is 4.74 Å². The van der Waals surface area contributed by atoms with Gasteiger partial charge in [0.25, 0.3) is 0 Å². The minimum atomic E-state index is 0.499. The van der Waals surface area contributed by atoms with E-state index in [-0.39, 0.29) is 0 Å². The molecule has 70 valence electrons. The van der Waals surface area contributed by atoms with Crippen LogP contribution in [0.15, 0.2) is 22.7 Å². The first-order chi connectivity index (χ1) is 6.15. The molecule has 0 aliphatic heterocycles. The Bertz CT molecular complexity index is 286. The molecular weight excluding hydrogens is 227 g/mol. The molecule has 3 heteroatoms. The van der Waals surface area contributed by atoms with Gasteiger partial charge in [0.2, 0.25) is 0 Å². The summed E-state index contributed by atoms with van der Waals surface area (Å²) in [5.74, 6) is 1.00. The van der Waals surface area contributed by atoms with Crippen molar-refractivity contribution in [3.8, 4) is 5.75 Å². The summed E-state index contributed by atoms with van der Waals surface area (Å²) in [5.41, 5.74) is 1.26. The molecule has 0 aliphatic carbocycles. The number of halogens is 1. The first kappa shape index (κ1) is 10.6. The molecule has 0 atom stereocenters. The Morgan fingerprint density at radius 1 is 1.38 bits per heavy atom. The zero-order chi connectivity index (χ0) is 9.84. The van der Waals surface area contributed by atoms with Gasteiger partial charge in [0, 0.05) is 4.47 Å². The molecule has 1 nitrogen and oxygen atoms in total. The summed E-state index contributed by atoms with van der Waals surface area (Å²) in [5, 5.41) is 0. The highest BCUT2D eigenvalue weighted by atomic mass is 79.9. The van der Waals surface area contributed by atoms with Gasteiger partial charge in [0.1, 0.15) is 5.75 Å². The maximum absolute atomic E-state index is 5.53. The zero-order valence-electron chi connectivity index (χ0n) is 8.30. The van der Waals surface area contributed by atoms with Crippen molar-refractivity contribution in [3.05, 3.63) is 22.7 Å². The van der Waals surface area contributed by atoms with E-state index >= 15 is 0 Å². The van der Waals surface area contributed by atoms with Crippen LogP contribution in [0.4, 0.5) is 0 Å². The standard InChI is InChI=1S/C10H14BBrO/c1-4-13-10-6-5-8(12)7-9(10)11(2)3/h5-7H,4H2,1-3H3. The number of rotatable bonds is 3. The second-order valence-electron chi connectivity index (χ2n) is 3.27. The van der Waals surface area contributed by atoms with Gasteiger partial charge in [-0.05, 0) is 30.6 Å². The maximum atomic E-state index is 5.53. The molecule has 0 aliphatic rings. The number of benzene rings is 1. The average Bonchev–Trinajstić information content (AvgIpc) is 2.08. The summed E-state index contributed by atoms with van der Waals surface area (Å²) in [6.45, 7) is 7.57. The van der Waals surface area contributed by atoms with E-state index in [0.29, 0.717) is 6.71 Å². The van der Waals surface area contributed by atoms with Gasteiger partial charge in [-0.2, -0.15) is 0 Å². The first-order valence-electron chi connectivity index (χ1n) is 4.57. The molecule has 0 spiro atoms. The number of ether oxygens (including phenoxy) is 1. The normalized spacial score (nSPS) is 9.85. The summed E-state index contributed by atoms with van der Waals surface area (Å²) >= 11 is 3.46. The first-order valence-corrected chi connectivity index (χ1v) is 5.36. The molecule has 0 fully saturated rings. The Morgan fingerprint density at radius 2 is 2.08 bits per heavy atom. The van der Waals surface area contributed by atoms with Gasteiger partial charge in [0.15, 0.2) is 6.71 Å². The van der Waals surface area contributed by atoms with Crippen molar-refractivity contribution in [3.63, 3.8) is 0 Å². The van der Waals surface area contributed by atoms with Crippen LogP contribution in [0, 0.1) is 0 Å². The topological polar surface area (TPSA) is 9.23 Å². The van der Waals surface area contributed by atoms with Gasteiger partial charge in [-0.3, -0.25) is 0 Å². The van der Waals surface area contributed by atoms with Gasteiger partial charge in [-0.1, -0.05) is 29.6 Å². The third-order valence-corrected chi connectivity index (χ3v) is 2.39. The molecule has 0 saturated carbocycles. The highest BCUT2D eigenvalue weighted by Gasteiger charge is 2.10. The van der Waals surface area contributed by atoms with Crippen molar-refractivity contribution in [2.45, 2.75) is 20.6 Å². The summed E-state index contributed by atoms with van der Waals surface area (Å²) in [6, 6.07) is 6.15. The SMILES string of the molecule is CCOc1ccc(Br)cc1B(C)C. The monoisotopic (exact) mass is 240 g/mol. The summed E-state index contributed by atoms with van der Waals surface area (Å²) in [6.07, 6.45) is 0. The van der Waals surface area contributed by atoms with Crippen molar-refractivity contribution in [2.75, 3.05) is 6.61 Å². The molecule has 0 saturated heterocycles. The molecule has 0 aromatic heterocycles. The molecule has 0 radical (unpaired) electrons. The predicted octanol–water partition coefficient (Wildman–Crippen LogP) is 2.81. The van der Waals surface area contributed by atoms with E-state index in [4.69, 9.17) is 4.74 Å². The summed E-state index contributed by atoms with van der Waals surface area (Å²) in [4.78, 5) is 0. The highest BCUT2D eigenvalue weighted by Crippen LogP contribution is 2.15. The van der Waals surface area contributed by atoms with Gasteiger partial charge >= 0.3 is 0 Å². The average molecular weight is 241 g/mol.